The van der Waals surface area contributed by atoms with Gasteiger partial charge in [0.25, 0.3) is 0 Å². The van der Waals surface area contributed by atoms with Crippen molar-refractivity contribution in [3.8, 4) is 6.07 Å². The first kappa shape index (κ1) is 22.6. The van der Waals surface area contributed by atoms with Crippen LogP contribution in [0, 0.1) is 17.2 Å². The van der Waals surface area contributed by atoms with Gasteiger partial charge < -0.3 is 9.64 Å². The van der Waals surface area contributed by atoms with Gasteiger partial charge in [-0.05, 0) is 96.5 Å². The van der Waals surface area contributed by atoms with Crippen LogP contribution in [0.1, 0.15) is 84.6 Å². The molecule has 1 heterocycles. The zero-order valence-corrected chi connectivity index (χ0v) is 21.1. The maximum Gasteiger partial charge on any atom is 0.193 e. The highest BCUT2D eigenvalue weighted by Crippen LogP contribution is 2.51. The van der Waals surface area contributed by atoms with Crippen molar-refractivity contribution in [1.82, 2.24) is 0 Å². The first-order valence-corrected chi connectivity index (χ1v) is 13.3. The fraction of sp³-hybridized carbons (Fsp3) is 0.484. The number of aryl methyl sites for hydroxylation is 1. The summed E-state index contributed by atoms with van der Waals surface area (Å²) in [5, 5.41) is 9.37. The summed E-state index contributed by atoms with van der Waals surface area (Å²) in [6.45, 7) is 9.66. The second kappa shape index (κ2) is 8.35. The fourth-order valence-corrected chi connectivity index (χ4v) is 6.32. The Bertz CT molecular complexity index is 1280. The molecule has 2 fully saturated rings. The smallest absolute Gasteiger partial charge is 0.193 e. The predicted octanol–water partition coefficient (Wildman–Crippen LogP) is 6.00. The lowest BCUT2D eigenvalue weighted by molar-refractivity contribution is 0.0305. The molecule has 0 unspecified atom stereocenters. The van der Waals surface area contributed by atoms with E-state index in [2.05, 4.69) is 43.9 Å². The molecule has 0 amide bonds. The number of nitrogens with zero attached hydrogens (tertiary/aromatic N) is 2. The minimum atomic E-state index is -0.239. The Kier molecular flexibility index (Phi) is 5.38. The van der Waals surface area contributed by atoms with Gasteiger partial charge in [-0.1, -0.05) is 26.8 Å². The van der Waals surface area contributed by atoms with Crippen LogP contribution in [-0.4, -0.2) is 31.6 Å². The monoisotopic (exact) mass is 466 g/mol. The average Bonchev–Trinajstić information content (AvgIpc) is 3.63. The fourth-order valence-electron chi connectivity index (χ4n) is 6.32. The molecular formula is C31H34N2O2. The van der Waals surface area contributed by atoms with Crippen molar-refractivity contribution in [1.29, 1.82) is 5.26 Å². The quantitative estimate of drug-likeness (QED) is 0.542. The van der Waals surface area contributed by atoms with E-state index in [9.17, 15) is 10.1 Å². The normalized spacial score (nSPS) is 21.0. The molecule has 0 bridgehead atoms. The van der Waals surface area contributed by atoms with Crippen molar-refractivity contribution in [3.05, 3.63) is 69.3 Å². The summed E-state index contributed by atoms with van der Waals surface area (Å²) in [7, 11) is 0. The predicted molar refractivity (Wildman–Crippen MR) is 139 cm³/mol. The van der Waals surface area contributed by atoms with Crippen LogP contribution in [0.15, 0.2) is 35.9 Å². The first-order valence-electron chi connectivity index (χ1n) is 13.3. The van der Waals surface area contributed by atoms with E-state index in [1.807, 2.05) is 18.2 Å². The van der Waals surface area contributed by atoms with E-state index in [1.54, 1.807) is 0 Å². The summed E-state index contributed by atoms with van der Waals surface area (Å²) < 4.78 is 6.18. The van der Waals surface area contributed by atoms with Gasteiger partial charge in [0.05, 0.1) is 17.7 Å². The summed E-state index contributed by atoms with van der Waals surface area (Å²) in [5.41, 5.74) is 9.15. The van der Waals surface area contributed by atoms with Crippen molar-refractivity contribution >= 4 is 17.0 Å². The van der Waals surface area contributed by atoms with E-state index in [-0.39, 0.29) is 11.2 Å². The highest BCUT2D eigenvalue weighted by Gasteiger charge is 2.43. The largest absolute Gasteiger partial charge is 0.378 e. The number of piperidine rings is 1. The molecule has 4 heteroatoms. The van der Waals surface area contributed by atoms with Crippen LogP contribution in [0.5, 0.6) is 0 Å². The van der Waals surface area contributed by atoms with Gasteiger partial charge in [-0.2, -0.15) is 5.26 Å². The van der Waals surface area contributed by atoms with Gasteiger partial charge in [-0.25, -0.2) is 0 Å². The Hall–Kier alpha value is -2.90. The third-order valence-electron chi connectivity index (χ3n) is 8.72. The Labute approximate surface area is 208 Å². The number of allylic oxidation sites excluding steroid dienone is 2. The molecule has 0 spiro atoms. The molecule has 4 aliphatic rings. The van der Waals surface area contributed by atoms with Gasteiger partial charge in [-0.3, -0.25) is 4.79 Å². The number of ether oxygens (including phenoxy) is 1. The average molecular weight is 467 g/mol. The molecule has 2 aromatic carbocycles. The lowest BCUT2D eigenvalue weighted by Crippen LogP contribution is -2.38. The van der Waals surface area contributed by atoms with Crippen molar-refractivity contribution < 1.29 is 9.53 Å². The zero-order valence-electron chi connectivity index (χ0n) is 21.1. The number of carbonyl (C=O) groups is 1. The second-order valence-corrected chi connectivity index (χ2v) is 11.3. The van der Waals surface area contributed by atoms with E-state index >= 15 is 0 Å². The highest BCUT2D eigenvalue weighted by molar-refractivity contribution is 6.33. The Morgan fingerprint density at radius 3 is 2.54 bits per heavy atom. The summed E-state index contributed by atoms with van der Waals surface area (Å²) in [5.74, 6) is 0.957. The number of fused-ring (bicyclic) bond motifs is 3. The number of nitriles is 1. The molecule has 35 heavy (non-hydrogen) atoms. The zero-order chi connectivity index (χ0) is 24.3. The van der Waals surface area contributed by atoms with Crippen LogP contribution < -0.4 is 4.90 Å². The Morgan fingerprint density at radius 1 is 1.09 bits per heavy atom. The van der Waals surface area contributed by atoms with Crippen LogP contribution in [0.2, 0.25) is 0 Å². The molecule has 2 aromatic rings. The van der Waals surface area contributed by atoms with Crippen LogP contribution in [-0.2, 0) is 23.0 Å². The van der Waals surface area contributed by atoms with Gasteiger partial charge in [0.1, 0.15) is 0 Å². The molecule has 0 radical (unpaired) electrons. The molecule has 0 aromatic heterocycles. The third kappa shape index (κ3) is 3.72. The number of carbonyl (C=O) groups excluding carboxylic acids is 1. The van der Waals surface area contributed by atoms with Crippen LogP contribution in [0.25, 0.3) is 5.57 Å². The maximum atomic E-state index is 13.9. The SMILES string of the molecule is CCc1cc2c(cc1N1CCC(OCC3CC3)CC1)C(C)(C)C1=C(C2=O)c2ccc(C#N)cc2C1. The molecule has 1 saturated carbocycles. The standard InChI is InChI=1S/C31H34N2O2/c1-4-21-14-25-26(16-28(21)33-11-9-23(10-12-33)35-18-19-5-6-19)31(2,3)27-15-22-13-20(17-32)7-8-24(22)29(27)30(25)34/h7-8,13-14,16,19,23H,4-6,9-12,15,18H2,1-3H3. The third-order valence-corrected chi connectivity index (χ3v) is 8.72. The van der Waals surface area contributed by atoms with E-state index in [0.29, 0.717) is 11.7 Å². The minimum Gasteiger partial charge on any atom is -0.378 e. The van der Waals surface area contributed by atoms with Gasteiger partial charge in [0.2, 0.25) is 0 Å². The molecule has 6 rings (SSSR count). The van der Waals surface area contributed by atoms with E-state index in [4.69, 9.17) is 4.74 Å². The van der Waals surface area contributed by atoms with Crippen LogP contribution >= 0.6 is 0 Å². The van der Waals surface area contributed by atoms with Crippen molar-refractivity contribution in [2.75, 3.05) is 24.6 Å². The first-order chi connectivity index (χ1) is 16.9. The number of rotatable bonds is 5. The highest BCUT2D eigenvalue weighted by atomic mass is 16.5. The van der Waals surface area contributed by atoms with Crippen molar-refractivity contribution in [2.24, 2.45) is 5.92 Å². The summed E-state index contributed by atoms with van der Waals surface area (Å²) in [6.07, 6.45) is 6.85. The Morgan fingerprint density at radius 2 is 1.86 bits per heavy atom. The van der Waals surface area contributed by atoms with Gasteiger partial charge in [-0.15, -0.1) is 0 Å². The van der Waals surface area contributed by atoms with Gasteiger partial charge >= 0.3 is 0 Å². The van der Waals surface area contributed by atoms with E-state index < -0.39 is 0 Å². The summed E-state index contributed by atoms with van der Waals surface area (Å²) in [6, 6.07) is 12.5. The topological polar surface area (TPSA) is 53.3 Å². The second-order valence-electron chi connectivity index (χ2n) is 11.3. The summed E-state index contributed by atoms with van der Waals surface area (Å²) >= 11 is 0. The van der Waals surface area contributed by atoms with Crippen LogP contribution in [0.3, 0.4) is 0 Å². The van der Waals surface area contributed by atoms with E-state index in [1.165, 1.54) is 29.7 Å². The molecule has 0 N–H and O–H groups in total. The molecule has 180 valence electrons. The van der Waals surface area contributed by atoms with Gasteiger partial charge in [0, 0.05) is 41.9 Å². The number of benzene rings is 2. The number of Topliss-reactive ketones (excluding diaryl/α,β-unsaturated/α-hetero) is 1. The molecule has 1 aliphatic heterocycles. The molecule has 0 atom stereocenters. The summed E-state index contributed by atoms with van der Waals surface area (Å²) in [4.78, 5) is 16.4. The lowest BCUT2D eigenvalue weighted by atomic mass is 9.68. The number of hydrogen-bond donors (Lipinski definition) is 0. The van der Waals surface area contributed by atoms with Crippen molar-refractivity contribution in [2.45, 2.75) is 70.8 Å². The van der Waals surface area contributed by atoms with E-state index in [0.717, 1.165) is 79.1 Å². The lowest BCUT2D eigenvalue weighted by Gasteiger charge is -2.39. The molecule has 1 saturated heterocycles. The minimum absolute atomic E-state index is 0.145. The number of ketones is 1. The number of hydrogen-bond acceptors (Lipinski definition) is 4. The molecule has 3 aliphatic carbocycles. The number of anilines is 1. The van der Waals surface area contributed by atoms with Crippen molar-refractivity contribution in [3.63, 3.8) is 0 Å². The van der Waals surface area contributed by atoms with Gasteiger partial charge in [0.15, 0.2) is 5.78 Å². The Balaban J connectivity index is 1.32. The van der Waals surface area contributed by atoms with Crippen LogP contribution in [0.4, 0.5) is 5.69 Å². The maximum absolute atomic E-state index is 13.9. The molecule has 4 nitrogen and oxygen atoms in total. The molecular weight excluding hydrogens is 432 g/mol.